The summed E-state index contributed by atoms with van der Waals surface area (Å²) in [5.41, 5.74) is 0. The van der Waals surface area contributed by atoms with Gasteiger partial charge in [0.05, 0.1) is 44.6 Å². The van der Waals surface area contributed by atoms with E-state index in [4.69, 9.17) is 25.8 Å². The summed E-state index contributed by atoms with van der Waals surface area (Å²) in [6, 6.07) is 0. The van der Waals surface area contributed by atoms with E-state index in [0.29, 0.717) is 44.6 Å². The van der Waals surface area contributed by atoms with Crippen LogP contribution in [0.2, 0.25) is 5.02 Å². The topological polar surface area (TPSA) is 45.5 Å². The zero-order valence-electron chi connectivity index (χ0n) is 11.8. The molecule has 0 radical (unpaired) electrons. The predicted octanol–water partition coefficient (Wildman–Crippen LogP) is 2.99. The summed E-state index contributed by atoms with van der Waals surface area (Å²) in [6.45, 7) is 6.73. The third kappa shape index (κ3) is 8.41. The lowest BCUT2D eigenvalue weighted by atomic mass is 10.4. The third-order valence-electron chi connectivity index (χ3n) is 2.53. The molecule has 0 aliphatic heterocycles. The number of unbranched alkanes of at least 4 members (excludes halogenated alkanes) is 1. The van der Waals surface area contributed by atoms with Crippen LogP contribution in [0.3, 0.4) is 0 Å². The monoisotopic (exact) mass is 416 g/mol. The highest BCUT2D eigenvalue weighted by Gasteiger charge is 2.02. The molecule has 0 saturated heterocycles. The molecule has 5 nitrogen and oxygen atoms in total. The molecule has 0 unspecified atom stereocenters. The van der Waals surface area contributed by atoms with Crippen LogP contribution in [0, 0.1) is 3.70 Å². The Morgan fingerprint density at radius 2 is 1.70 bits per heavy atom. The van der Waals surface area contributed by atoms with Gasteiger partial charge in [0.1, 0.15) is 3.70 Å². The fraction of sp³-hybridized carbons (Fsp3) is 0.769. The first kappa shape index (κ1) is 18.2. The van der Waals surface area contributed by atoms with Crippen molar-refractivity contribution in [1.29, 1.82) is 0 Å². The van der Waals surface area contributed by atoms with Crippen LogP contribution < -0.4 is 0 Å². The number of ether oxygens (including phenoxy) is 3. The highest BCUT2D eigenvalue weighted by Crippen LogP contribution is 2.15. The summed E-state index contributed by atoms with van der Waals surface area (Å²) in [5, 5.41) is 4.91. The molecule has 0 aliphatic carbocycles. The standard InChI is InChI=1S/C13H22ClIN2O3/c1-2-3-5-18-7-9-20-10-8-19-6-4-17-11-12(14)13(15)16-17/h11H,2-10H2,1H3. The lowest BCUT2D eigenvalue weighted by molar-refractivity contribution is 0.0123. The van der Waals surface area contributed by atoms with Gasteiger partial charge in [0, 0.05) is 12.8 Å². The Bertz CT molecular complexity index is 344. The molecule has 0 amide bonds. The molecule has 1 aromatic rings. The Labute approximate surface area is 139 Å². The van der Waals surface area contributed by atoms with Crippen LogP contribution in [0.15, 0.2) is 6.20 Å². The lowest BCUT2D eigenvalue weighted by Crippen LogP contribution is -2.12. The highest BCUT2D eigenvalue weighted by molar-refractivity contribution is 14.1. The first-order chi connectivity index (χ1) is 9.74. The van der Waals surface area contributed by atoms with E-state index < -0.39 is 0 Å². The van der Waals surface area contributed by atoms with Gasteiger partial charge in [0.25, 0.3) is 0 Å². The highest BCUT2D eigenvalue weighted by atomic mass is 127. The smallest absolute Gasteiger partial charge is 0.141 e. The second-order valence-electron chi connectivity index (χ2n) is 4.22. The molecule has 0 saturated carbocycles. The largest absolute Gasteiger partial charge is 0.379 e. The number of rotatable bonds is 12. The van der Waals surface area contributed by atoms with E-state index in [1.807, 2.05) is 0 Å². The first-order valence-electron chi connectivity index (χ1n) is 6.85. The second-order valence-corrected chi connectivity index (χ2v) is 5.65. The Hall–Kier alpha value is 0.110. The quantitative estimate of drug-likeness (QED) is 0.388. The number of nitrogens with zero attached hydrogens (tertiary/aromatic N) is 2. The second kappa shape index (κ2) is 11.7. The van der Waals surface area contributed by atoms with Crippen LogP contribution in [0.4, 0.5) is 0 Å². The van der Waals surface area contributed by atoms with Gasteiger partial charge in [-0.15, -0.1) is 0 Å². The zero-order chi connectivity index (χ0) is 14.6. The number of halogens is 2. The summed E-state index contributed by atoms with van der Waals surface area (Å²) >= 11 is 8.01. The summed E-state index contributed by atoms with van der Waals surface area (Å²) in [4.78, 5) is 0. The summed E-state index contributed by atoms with van der Waals surface area (Å²) in [7, 11) is 0. The normalized spacial score (nSPS) is 11.2. The Morgan fingerprint density at radius 3 is 2.25 bits per heavy atom. The van der Waals surface area contributed by atoms with E-state index in [1.165, 1.54) is 0 Å². The van der Waals surface area contributed by atoms with Gasteiger partial charge >= 0.3 is 0 Å². The van der Waals surface area contributed by atoms with Crippen molar-refractivity contribution in [1.82, 2.24) is 9.78 Å². The minimum atomic E-state index is 0.584. The van der Waals surface area contributed by atoms with Crippen LogP contribution >= 0.6 is 34.2 Å². The minimum absolute atomic E-state index is 0.584. The van der Waals surface area contributed by atoms with E-state index in [0.717, 1.165) is 23.1 Å². The molecule has 0 spiro atoms. The average Bonchev–Trinajstić information content (AvgIpc) is 2.75. The summed E-state index contributed by atoms with van der Waals surface area (Å²) in [5.74, 6) is 0. The van der Waals surface area contributed by atoms with E-state index in [-0.39, 0.29) is 0 Å². The Kier molecular flexibility index (Phi) is 10.7. The van der Waals surface area contributed by atoms with Gasteiger partial charge in [-0.2, -0.15) is 5.10 Å². The van der Waals surface area contributed by atoms with Crippen molar-refractivity contribution in [3.63, 3.8) is 0 Å². The molecule has 116 valence electrons. The van der Waals surface area contributed by atoms with Gasteiger partial charge in [-0.25, -0.2) is 0 Å². The molecule has 0 bridgehead atoms. The molecule has 1 rings (SSSR count). The molecular weight excluding hydrogens is 395 g/mol. The molecule has 7 heteroatoms. The van der Waals surface area contributed by atoms with Crippen molar-refractivity contribution in [2.45, 2.75) is 26.3 Å². The predicted molar refractivity (Wildman–Crippen MR) is 87.3 cm³/mol. The van der Waals surface area contributed by atoms with Crippen molar-refractivity contribution >= 4 is 34.2 Å². The van der Waals surface area contributed by atoms with E-state index >= 15 is 0 Å². The van der Waals surface area contributed by atoms with E-state index in [2.05, 4.69) is 34.6 Å². The van der Waals surface area contributed by atoms with Gasteiger partial charge in [-0.05, 0) is 29.0 Å². The van der Waals surface area contributed by atoms with Crippen molar-refractivity contribution in [2.24, 2.45) is 0 Å². The van der Waals surface area contributed by atoms with E-state index in [1.54, 1.807) is 10.9 Å². The number of hydrogen-bond acceptors (Lipinski definition) is 4. The molecule has 1 heterocycles. The zero-order valence-corrected chi connectivity index (χ0v) is 14.7. The molecule has 0 N–H and O–H groups in total. The third-order valence-corrected chi connectivity index (χ3v) is 3.92. The van der Waals surface area contributed by atoms with Crippen LogP contribution in [-0.2, 0) is 20.8 Å². The van der Waals surface area contributed by atoms with Crippen LogP contribution in [0.1, 0.15) is 19.8 Å². The molecule has 0 fully saturated rings. The van der Waals surface area contributed by atoms with Gasteiger partial charge in [0.2, 0.25) is 0 Å². The molecule has 1 aromatic heterocycles. The summed E-state index contributed by atoms with van der Waals surface area (Å²) in [6.07, 6.45) is 4.07. The van der Waals surface area contributed by atoms with Gasteiger partial charge in [-0.3, -0.25) is 4.68 Å². The van der Waals surface area contributed by atoms with Crippen LogP contribution in [0.25, 0.3) is 0 Å². The molecule has 0 atom stereocenters. The molecule has 20 heavy (non-hydrogen) atoms. The Balaban J connectivity index is 1.85. The van der Waals surface area contributed by atoms with Crippen molar-refractivity contribution in [3.05, 3.63) is 14.9 Å². The maximum Gasteiger partial charge on any atom is 0.141 e. The van der Waals surface area contributed by atoms with Crippen LogP contribution in [0.5, 0.6) is 0 Å². The maximum absolute atomic E-state index is 5.91. The number of aromatic nitrogens is 2. The SMILES string of the molecule is CCCCOCCOCCOCCn1cc(Cl)c(I)n1. The van der Waals surface area contributed by atoms with Gasteiger partial charge in [0.15, 0.2) is 0 Å². The van der Waals surface area contributed by atoms with Crippen molar-refractivity contribution in [3.8, 4) is 0 Å². The molecule has 0 aromatic carbocycles. The first-order valence-corrected chi connectivity index (χ1v) is 8.31. The number of hydrogen-bond donors (Lipinski definition) is 0. The lowest BCUT2D eigenvalue weighted by Gasteiger charge is -2.06. The minimum Gasteiger partial charge on any atom is -0.379 e. The van der Waals surface area contributed by atoms with Crippen molar-refractivity contribution < 1.29 is 14.2 Å². The van der Waals surface area contributed by atoms with Crippen LogP contribution in [-0.4, -0.2) is 49.4 Å². The van der Waals surface area contributed by atoms with Crippen molar-refractivity contribution in [2.75, 3.05) is 39.6 Å². The summed E-state index contributed by atoms with van der Waals surface area (Å²) < 4.78 is 18.8. The maximum atomic E-state index is 5.91. The fourth-order valence-corrected chi connectivity index (χ4v) is 2.00. The van der Waals surface area contributed by atoms with Gasteiger partial charge < -0.3 is 14.2 Å². The fourth-order valence-electron chi connectivity index (χ4n) is 1.43. The average molecular weight is 417 g/mol. The van der Waals surface area contributed by atoms with Gasteiger partial charge in [-0.1, -0.05) is 24.9 Å². The molecular formula is C13H22ClIN2O3. The Morgan fingerprint density at radius 1 is 1.10 bits per heavy atom. The molecule has 0 aliphatic rings. The van der Waals surface area contributed by atoms with E-state index in [9.17, 15) is 0 Å².